The Morgan fingerprint density at radius 2 is 1.50 bits per heavy atom. The molecule has 0 heterocycles. The molecule has 0 saturated heterocycles. The number of hydrogen-bond donors (Lipinski definition) is 0. The van der Waals surface area contributed by atoms with Gasteiger partial charge in [0, 0.05) is 19.5 Å². The molecule has 0 bridgehead atoms. The highest BCUT2D eigenvalue weighted by Crippen LogP contribution is 2.28. The zero-order valence-electron chi connectivity index (χ0n) is 15.1. The van der Waals surface area contributed by atoms with E-state index in [1.807, 2.05) is 73.7 Å². The third kappa shape index (κ3) is 4.70. The first kappa shape index (κ1) is 17.7. The molecule has 0 unspecified atom stereocenters. The highest BCUT2D eigenvalue weighted by Gasteiger charge is 2.18. The molecule has 132 valence electrons. The third-order valence-electron chi connectivity index (χ3n) is 4.10. The summed E-state index contributed by atoms with van der Waals surface area (Å²) >= 11 is 0. The summed E-state index contributed by atoms with van der Waals surface area (Å²) in [5, 5.41) is 0. The number of carbonyl (C=O) groups excluding carboxylic acids is 1. The van der Waals surface area contributed by atoms with Crippen molar-refractivity contribution >= 4 is 11.5 Å². The number of aryl methyl sites for hydroxylation is 2. The fourth-order valence-electron chi connectivity index (χ4n) is 2.80. The molecule has 2 heteroatoms. The topological polar surface area (TPSA) is 26.3 Å². The number of rotatable bonds is 2. The van der Waals surface area contributed by atoms with Gasteiger partial charge in [-0.3, -0.25) is 4.79 Å². The lowest BCUT2D eigenvalue weighted by atomic mass is 9.95. The van der Waals surface area contributed by atoms with Gasteiger partial charge in [-0.1, -0.05) is 72.3 Å². The van der Waals surface area contributed by atoms with Crippen molar-refractivity contribution in [2.24, 2.45) is 0 Å². The molecular formula is C24H24O2. The number of carbonyl (C=O) groups is 1. The lowest BCUT2D eigenvalue weighted by Crippen LogP contribution is -2.12. The van der Waals surface area contributed by atoms with Crippen LogP contribution in [0.4, 0.5) is 0 Å². The zero-order valence-corrected chi connectivity index (χ0v) is 15.1. The van der Waals surface area contributed by atoms with E-state index in [1.165, 1.54) is 5.56 Å². The van der Waals surface area contributed by atoms with Crippen LogP contribution >= 0.6 is 0 Å². The van der Waals surface area contributed by atoms with Gasteiger partial charge in [-0.05, 0) is 37.1 Å². The van der Waals surface area contributed by atoms with E-state index in [9.17, 15) is 4.79 Å². The molecule has 3 aromatic rings. The maximum atomic E-state index is 11.7. The number of fused-ring (bicyclic) bond motifs is 1. The summed E-state index contributed by atoms with van der Waals surface area (Å²) in [5.74, 6) is 1.48. The molecule has 0 spiro atoms. The van der Waals surface area contributed by atoms with E-state index >= 15 is 0 Å². The molecule has 0 N–H and O–H groups in total. The summed E-state index contributed by atoms with van der Waals surface area (Å²) < 4.78 is 5.87. The van der Waals surface area contributed by atoms with E-state index < -0.39 is 0 Å². The highest BCUT2D eigenvalue weighted by molar-refractivity contribution is 6.00. The van der Waals surface area contributed by atoms with Crippen LogP contribution in [0.15, 0.2) is 84.9 Å². The van der Waals surface area contributed by atoms with Crippen molar-refractivity contribution in [1.82, 2.24) is 0 Å². The molecule has 26 heavy (non-hydrogen) atoms. The SMILES string of the molecule is Cc1cccc(OC2=CC(=O)Cc3ccccc32)c1.Cc1ccccc1.[HH]. The highest BCUT2D eigenvalue weighted by atomic mass is 16.5. The average molecular weight is 344 g/mol. The Hall–Kier alpha value is -3.13. The minimum Gasteiger partial charge on any atom is -0.457 e. The Bertz CT molecular complexity index is 930. The number of hydrogen-bond acceptors (Lipinski definition) is 2. The molecule has 1 aliphatic carbocycles. The Morgan fingerprint density at radius 3 is 2.19 bits per heavy atom. The number of allylic oxidation sites excluding steroid dienone is 1. The summed E-state index contributed by atoms with van der Waals surface area (Å²) in [7, 11) is 0. The van der Waals surface area contributed by atoms with Gasteiger partial charge in [-0.15, -0.1) is 0 Å². The summed E-state index contributed by atoms with van der Waals surface area (Å²) in [6, 6.07) is 26.0. The monoisotopic (exact) mass is 344 g/mol. The first-order valence-corrected chi connectivity index (χ1v) is 8.71. The molecule has 2 nitrogen and oxygen atoms in total. The zero-order chi connectivity index (χ0) is 18.4. The Labute approximate surface area is 156 Å². The van der Waals surface area contributed by atoms with Crippen molar-refractivity contribution < 1.29 is 11.0 Å². The predicted molar refractivity (Wildman–Crippen MR) is 108 cm³/mol. The second-order valence-corrected chi connectivity index (χ2v) is 6.38. The van der Waals surface area contributed by atoms with Crippen molar-refractivity contribution in [3.63, 3.8) is 0 Å². The molecule has 4 rings (SSSR count). The first-order chi connectivity index (χ1) is 12.6. The fourth-order valence-corrected chi connectivity index (χ4v) is 2.80. The second-order valence-electron chi connectivity index (χ2n) is 6.38. The molecular weight excluding hydrogens is 320 g/mol. The smallest absolute Gasteiger partial charge is 0.163 e. The van der Waals surface area contributed by atoms with Crippen molar-refractivity contribution in [1.29, 1.82) is 0 Å². The molecule has 0 aliphatic heterocycles. The van der Waals surface area contributed by atoms with Crippen LogP contribution in [0.25, 0.3) is 5.76 Å². The Morgan fingerprint density at radius 1 is 0.808 bits per heavy atom. The summed E-state index contributed by atoms with van der Waals surface area (Å²) in [6.45, 7) is 4.10. The van der Waals surface area contributed by atoms with Crippen LogP contribution in [0.5, 0.6) is 5.75 Å². The summed E-state index contributed by atoms with van der Waals surface area (Å²) in [6.07, 6.45) is 2.04. The minimum atomic E-state index is 0. The maximum Gasteiger partial charge on any atom is 0.163 e. The Kier molecular flexibility index (Phi) is 5.65. The molecule has 0 radical (unpaired) electrons. The van der Waals surface area contributed by atoms with Gasteiger partial charge in [0.1, 0.15) is 11.5 Å². The van der Waals surface area contributed by atoms with Gasteiger partial charge in [0.2, 0.25) is 0 Å². The summed E-state index contributed by atoms with van der Waals surface area (Å²) in [4.78, 5) is 11.7. The number of ether oxygens (including phenoxy) is 1. The standard InChI is InChI=1S/C17H14O2.C7H8.H2/c1-12-5-4-7-15(9-12)19-17-11-14(18)10-13-6-2-3-8-16(13)17;1-7-5-3-2-4-6-7;/h2-9,11H,10H2,1H3;2-6H,1H3;1H. The maximum absolute atomic E-state index is 11.7. The van der Waals surface area contributed by atoms with Crippen molar-refractivity contribution in [2.45, 2.75) is 20.3 Å². The van der Waals surface area contributed by atoms with Crippen LogP contribution in [-0.2, 0) is 11.2 Å². The quantitative estimate of drug-likeness (QED) is 0.589. The van der Waals surface area contributed by atoms with Crippen LogP contribution in [0.1, 0.15) is 23.7 Å². The van der Waals surface area contributed by atoms with Crippen LogP contribution in [0, 0.1) is 13.8 Å². The normalized spacial score (nSPS) is 12.4. The van der Waals surface area contributed by atoms with Gasteiger partial charge >= 0.3 is 0 Å². The Balaban J connectivity index is 0.000000278. The van der Waals surface area contributed by atoms with Crippen LogP contribution < -0.4 is 4.74 Å². The van der Waals surface area contributed by atoms with Crippen LogP contribution in [-0.4, -0.2) is 5.78 Å². The van der Waals surface area contributed by atoms with Crippen molar-refractivity contribution in [3.05, 3.63) is 107 Å². The van der Waals surface area contributed by atoms with Crippen LogP contribution in [0.2, 0.25) is 0 Å². The van der Waals surface area contributed by atoms with Crippen molar-refractivity contribution in [2.75, 3.05) is 0 Å². The average Bonchev–Trinajstić information content (AvgIpc) is 2.63. The summed E-state index contributed by atoms with van der Waals surface area (Å²) in [5.41, 5.74) is 4.48. The third-order valence-corrected chi connectivity index (χ3v) is 4.10. The first-order valence-electron chi connectivity index (χ1n) is 8.71. The van der Waals surface area contributed by atoms with Gasteiger partial charge in [-0.2, -0.15) is 0 Å². The number of benzene rings is 3. The van der Waals surface area contributed by atoms with Gasteiger partial charge < -0.3 is 4.74 Å². The predicted octanol–water partition coefficient (Wildman–Crippen LogP) is 5.78. The van der Waals surface area contributed by atoms with E-state index in [2.05, 4.69) is 19.1 Å². The molecule has 1 aliphatic rings. The molecule has 0 amide bonds. The second kappa shape index (κ2) is 8.30. The van der Waals surface area contributed by atoms with E-state index in [4.69, 9.17) is 4.74 Å². The van der Waals surface area contributed by atoms with Gasteiger partial charge in [0.05, 0.1) is 0 Å². The minimum absolute atomic E-state index is 0. The van der Waals surface area contributed by atoms with Gasteiger partial charge in [0.25, 0.3) is 0 Å². The van der Waals surface area contributed by atoms with Gasteiger partial charge in [-0.25, -0.2) is 0 Å². The largest absolute Gasteiger partial charge is 0.457 e. The lowest BCUT2D eigenvalue weighted by molar-refractivity contribution is -0.114. The number of ketones is 1. The fraction of sp³-hybridized carbons (Fsp3) is 0.125. The van der Waals surface area contributed by atoms with Gasteiger partial charge in [0.15, 0.2) is 5.78 Å². The molecule has 0 atom stereocenters. The van der Waals surface area contributed by atoms with E-state index in [0.717, 1.165) is 22.4 Å². The molecule has 3 aromatic carbocycles. The van der Waals surface area contributed by atoms with E-state index in [1.54, 1.807) is 6.08 Å². The van der Waals surface area contributed by atoms with Crippen molar-refractivity contribution in [3.8, 4) is 5.75 Å². The lowest BCUT2D eigenvalue weighted by Gasteiger charge is -2.17. The molecule has 0 aromatic heterocycles. The van der Waals surface area contributed by atoms with E-state index in [-0.39, 0.29) is 7.21 Å². The van der Waals surface area contributed by atoms with Crippen LogP contribution in [0.3, 0.4) is 0 Å². The molecule has 0 saturated carbocycles. The molecule has 0 fully saturated rings. The van der Waals surface area contributed by atoms with E-state index in [0.29, 0.717) is 12.2 Å².